The van der Waals surface area contributed by atoms with Crippen molar-refractivity contribution < 1.29 is 28.6 Å². The lowest BCUT2D eigenvalue weighted by atomic mass is 10.0. The van der Waals surface area contributed by atoms with Gasteiger partial charge in [0.25, 0.3) is 5.91 Å². The van der Waals surface area contributed by atoms with Crippen molar-refractivity contribution in [3.05, 3.63) is 41.5 Å². The van der Waals surface area contributed by atoms with Gasteiger partial charge in [-0.05, 0) is 12.1 Å². The number of rotatable bonds is 7. The molecule has 1 fully saturated rings. The second-order valence-corrected chi connectivity index (χ2v) is 9.78. The molecule has 1 unspecified atom stereocenters. The number of methoxy groups -OCH3 is 1. The molecule has 162 valence electrons. The van der Waals surface area contributed by atoms with Crippen LogP contribution in [0.2, 0.25) is 0 Å². The van der Waals surface area contributed by atoms with Crippen molar-refractivity contribution in [2.45, 2.75) is 21.3 Å². The van der Waals surface area contributed by atoms with E-state index in [-0.39, 0.29) is 12.4 Å². The van der Waals surface area contributed by atoms with Crippen molar-refractivity contribution in [2.24, 2.45) is 0 Å². The molecule has 12 heteroatoms. The molecule has 2 aliphatic rings. The molecule has 3 atom stereocenters. The van der Waals surface area contributed by atoms with E-state index in [0.29, 0.717) is 5.75 Å². The molecule has 1 aromatic carbocycles. The van der Waals surface area contributed by atoms with E-state index in [2.05, 4.69) is 5.32 Å². The minimum Gasteiger partial charge on any atom is -0.498 e. The predicted molar refractivity (Wildman–Crippen MR) is 112 cm³/mol. The summed E-state index contributed by atoms with van der Waals surface area (Å²) in [6, 6.07) is 6.86. The first-order valence-corrected chi connectivity index (χ1v) is 10.7. The largest absolute Gasteiger partial charge is 0.498 e. The van der Waals surface area contributed by atoms with Crippen LogP contribution >= 0.6 is 46.6 Å². The lowest BCUT2D eigenvalue weighted by Gasteiger charge is -2.51. The number of fused-ring (bicyclic) bond motifs is 1. The number of hydrogen-bond acceptors (Lipinski definition) is 7. The first-order valence-electron chi connectivity index (χ1n) is 8.63. The Morgan fingerprint density at radius 3 is 2.57 bits per heavy atom. The second-order valence-electron chi connectivity index (χ2n) is 6.27. The molecule has 0 aliphatic carbocycles. The van der Waals surface area contributed by atoms with Gasteiger partial charge in [0.1, 0.15) is 29.5 Å². The van der Waals surface area contributed by atoms with Crippen LogP contribution in [-0.2, 0) is 23.9 Å². The standard InChI is InChI=1S/C18H17Cl3N2O6S/c1-27-11-8-30-16-13(22-12(24)7-28-10-5-3-2-4-6-10)15(25)23(16)14(11)17(26)29-9-18(19,20)21/h2-6,8,13-14,16H,7,9H2,1H3,(H,22,24)/t13-,14?,16+/m1/s1. The number of hydrogen-bond donors (Lipinski definition) is 1. The number of thioether (sulfide) groups is 1. The van der Waals surface area contributed by atoms with Crippen molar-refractivity contribution in [1.29, 1.82) is 0 Å². The van der Waals surface area contributed by atoms with E-state index < -0.39 is 45.6 Å². The van der Waals surface area contributed by atoms with Crippen molar-refractivity contribution in [2.75, 3.05) is 20.3 Å². The summed E-state index contributed by atoms with van der Waals surface area (Å²) in [5, 5.41) is 3.70. The lowest BCUT2D eigenvalue weighted by Crippen LogP contribution is -2.74. The van der Waals surface area contributed by atoms with Crippen LogP contribution in [0.25, 0.3) is 0 Å². The number of nitrogens with zero attached hydrogens (tertiary/aromatic N) is 1. The number of para-hydroxylation sites is 1. The first kappa shape index (κ1) is 22.9. The third-order valence-electron chi connectivity index (χ3n) is 4.22. The molecule has 0 spiro atoms. The van der Waals surface area contributed by atoms with E-state index in [1.807, 2.05) is 6.07 Å². The Morgan fingerprint density at radius 1 is 1.23 bits per heavy atom. The smallest absolute Gasteiger partial charge is 0.337 e. The maximum absolute atomic E-state index is 12.7. The highest BCUT2D eigenvalue weighted by Crippen LogP contribution is 2.40. The predicted octanol–water partition coefficient (Wildman–Crippen LogP) is 2.24. The fraction of sp³-hybridized carbons (Fsp3) is 0.389. The topological polar surface area (TPSA) is 94.2 Å². The van der Waals surface area contributed by atoms with Crippen molar-refractivity contribution in [1.82, 2.24) is 10.2 Å². The van der Waals surface area contributed by atoms with E-state index in [9.17, 15) is 14.4 Å². The SMILES string of the molecule is COC1=CS[C@H]2[C@H](NC(=O)COc3ccccc3)C(=O)N2C1C(=O)OCC(Cl)(Cl)Cl. The van der Waals surface area contributed by atoms with E-state index in [1.54, 1.807) is 29.7 Å². The molecule has 0 saturated carbocycles. The lowest BCUT2D eigenvalue weighted by molar-refractivity contribution is -0.165. The third kappa shape index (κ3) is 5.26. The van der Waals surface area contributed by atoms with Gasteiger partial charge in [0, 0.05) is 5.41 Å². The second kappa shape index (κ2) is 9.55. The summed E-state index contributed by atoms with van der Waals surface area (Å²) >= 11 is 18.1. The highest BCUT2D eigenvalue weighted by molar-refractivity contribution is 8.02. The molecule has 0 aromatic heterocycles. The van der Waals surface area contributed by atoms with Crippen LogP contribution in [0.15, 0.2) is 41.5 Å². The summed E-state index contributed by atoms with van der Waals surface area (Å²) in [5.74, 6) is -0.972. The molecule has 8 nitrogen and oxygen atoms in total. The number of halogens is 3. The third-order valence-corrected chi connectivity index (χ3v) is 5.69. The fourth-order valence-corrected chi connectivity index (χ4v) is 4.24. The summed E-state index contributed by atoms with van der Waals surface area (Å²) in [7, 11) is 1.37. The van der Waals surface area contributed by atoms with Crippen molar-refractivity contribution in [3.63, 3.8) is 0 Å². The van der Waals surface area contributed by atoms with Gasteiger partial charge in [0.05, 0.1) is 7.11 Å². The molecular weight excluding hydrogens is 479 g/mol. The number of nitrogens with one attached hydrogen (secondary N) is 1. The van der Waals surface area contributed by atoms with Gasteiger partial charge in [-0.2, -0.15) is 0 Å². The van der Waals surface area contributed by atoms with Gasteiger partial charge >= 0.3 is 5.97 Å². The van der Waals surface area contributed by atoms with Crippen LogP contribution in [0.1, 0.15) is 0 Å². The van der Waals surface area contributed by atoms with Crippen molar-refractivity contribution >= 4 is 64.3 Å². The highest BCUT2D eigenvalue weighted by Gasteiger charge is 2.57. The number of carbonyl (C=O) groups excluding carboxylic acids is 3. The zero-order valence-electron chi connectivity index (χ0n) is 15.5. The number of esters is 1. The molecular formula is C18H17Cl3N2O6S. The molecule has 0 bridgehead atoms. The van der Waals surface area contributed by atoms with E-state index in [0.717, 1.165) is 0 Å². The molecule has 0 radical (unpaired) electrons. The summed E-state index contributed by atoms with van der Waals surface area (Å²) in [4.78, 5) is 38.6. The number of amides is 2. The number of ether oxygens (including phenoxy) is 3. The number of β-lactam (4-membered cyclic amide) rings is 1. The Morgan fingerprint density at radius 2 is 1.93 bits per heavy atom. The Bertz CT molecular complexity index is 848. The Labute approximate surface area is 191 Å². The van der Waals surface area contributed by atoms with Gasteiger partial charge in [-0.15, -0.1) is 11.8 Å². The molecule has 2 amide bonds. The van der Waals surface area contributed by atoms with E-state index >= 15 is 0 Å². The van der Waals surface area contributed by atoms with Crippen LogP contribution in [0, 0.1) is 0 Å². The van der Waals surface area contributed by atoms with Crippen LogP contribution in [0.3, 0.4) is 0 Å². The monoisotopic (exact) mass is 494 g/mol. The Balaban J connectivity index is 1.61. The van der Waals surface area contributed by atoms with Crippen LogP contribution in [0.5, 0.6) is 5.75 Å². The Kier molecular flexibility index (Phi) is 7.28. The van der Waals surface area contributed by atoms with Crippen molar-refractivity contribution in [3.8, 4) is 5.75 Å². The molecule has 2 aliphatic heterocycles. The minimum absolute atomic E-state index is 0.219. The quantitative estimate of drug-likeness (QED) is 0.352. The van der Waals surface area contributed by atoms with E-state index in [4.69, 9.17) is 49.0 Å². The van der Waals surface area contributed by atoms with Crippen LogP contribution < -0.4 is 10.1 Å². The van der Waals surface area contributed by atoms with Gasteiger partial charge in [-0.1, -0.05) is 53.0 Å². The molecule has 2 heterocycles. The fourth-order valence-electron chi connectivity index (χ4n) is 2.88. The zero-order chi connectivity index (χ0) is 21.9. The molecule has 1 saturated heterocycles. The molecule has 30 heavy (non-hydrogen) atoms. The first-order chi connectivity index (χ1) is 14.2. The van der Waals surface area contributed by atoms with Gasteiger partial charge in [-0.3, -0.25) is 9.59 Å². The summed E-state index contributed by atoms with van der Waals surface area (Å²) in [5.41, 5.74) is 0. The zero-order valence-corrected chi connectivity index (χ0v) is 18.6. The molecule has 3 rings (SSSR count). The minimum atomic E-state index is -1.79. The van der Waals surface area contributed by atoms with Crippen LogP contribution in [0.4, 0.5) is 0 Å². The van der Waals surface area contributed by atoms with Gasteiger partial charge in [-0.25, -0.2) is 4.79 Å². The molecule has 1 N–H and O–H groups in total. The van der Waals surface area contributed by atoms with Gasteiger partial charge in [0.15, 0.2) is 12.6 Å². The van der Waals surface area contributed by atoms with E-state index in [1.165, 1.54) is 23.8 Å². The molecule has 1 aromatic rings. The van der Waals surface area contributed by atoms with Gasteiger partial charge < -0.3 is 24.4 Å². The highest BCUT2D eigenvalue weighted by atomic mass is 35.6. The maximum atomic E-state index is 12.7. The summed E-state index contributed by atoms with van der Waals surface area (Å²) in [6.07, 6.45) is 0. The maximum Gasteiger partial charge on any atom is 0.337 e. The van der Waals surface area contributed by atoms with Crippen LogP contribution in [-0.4, -0.2) is 64.3 Å². The number of alkyl halides is 3. The number of benzene rings is 1. The summed E-state index contributed by atoms with van der Waals surface area (Å²) in [6.45, 7) is -0.736. The normalized spacial score (nSPS) is 22.9. The average molecular weight is 496 g/mol. The van der Waals surface area contributed by atoms with Gasteiger partial charge in [0.2, 0.25) is 9.70 Å². The number of carbonyl (C=O) groups is 3. The Hall–Kier alpha value is -1.81. The summed E-state index contributed by atoms with van der Waals surface area (Å²) < 4.78 is 13.8. The average Bonchev–Trinajstić information content (AvgIpc) is 2.73.